The van der Waals surface area contributed by atoms with E-state index in [-0.39, 0.29) is 22.1 Å². The second kappa shape index (κ2) is 9.21. The SMILES string of the molecule is CCS(=O)(=O)c1ccc(NC(=O)[C@@H](NC(=O)c2ccccc2Cl)C(C)C)cc1. The Bertz CT molecular complexity index is 956. The van der Waals surface area contributed by atoms with Gasteiger partial charge in [0.25, 0.3) is 5.91 Å². The first-order chi connectivity index (χ1) is 13.2. The molecule has 2 amide bonds. The van der Waals surface area contributed by atoms with Crippen LogP contribution in [0, 0.1) is 5.92 Å². The van der Waals surface area contributed by atoms with Crippen LogP contribution in [0.5, 0.6) is 0 Å². The fourth-order valence-corrected chi connectivity index (χ4v) is 3.64. The number of rotatable bonds is 7. The minimum absolute atomic E-state index is 0.00219. The summed E-state index contributed by atoms with van der Waals surface area (Å²) in [5, 5.41) is 5.72. The van der Waals surface area contributed by atoms with E-state index in [1.165, 1.54) is 24.3 Å². The molecule has 2 N–H and O–H groups in total. The molecular formula is C20H23ClN2O4S. The zero-order chi connectivity index (χ0) is 20.9. The number of sulfone groups is 1. The van der Waals surface area contributed by atoms with Crippen LogP contribution in [-0.2, 0) is 14.6 Å². The van der Waals surface area contributed by atoms with Gasteiger partial charge < -0.3 is 10.6 Å². The van der Waals surface area contributed by atoms with Crippen molar-refractivity contribution in [3.63, 3.8) is 0 Å². The fraction of sp³-hybridized carbons (Fsp3) is 0.300. The molecule has 2 aromatic rings. The maximum atomic E-state index is 12.7. The molecule has 0 fully saturated rings. The molecule has 0 bridgehead atoms. The van der Waals surface area contributed by atoms with E-state index in [4.69, 9.17) is 11.6 Å². The average molecular weight is 423 g/mol. The van der Waals surface area contributed by atoms with Gasteiger partial charge in [0.2, 0.25) is 5.91 Å². The van der Waals surface area contributed by atoms with Gasteiger partial charge in [-0.2, -0.15) is 0 Å². The number of hydrogen-bond acceptors (Lipinski definition) is 4. The number of halogens is 1. The lowest BCUT2D eigenvalue weighted by atomic mass is 10.0. The highest BCUT2D eigenvalue weighted by Gasteiger charge is 2.25. The number of carbonyl (C=O) groups is 2. The largest absolute Gasteiger partial charge is 0.340 e. The fourth-order valence-electron chi connectivity index (χ4n) is 2.53. The molecule has 0 aliphatic heterocycles. The van der Waals surface area contributed by atoms with Gasteiger partial charge in [0.1, 0.15) is 6.04 Å². The lowest BCUT2D eigenvalue weighted by molar-refractivity contribution is -0.118. The van der Waals surface area contributed by atoms with Gasteiger partial charge in [-0.3, -0.25) is 9.59 Å². The molecule has 0 saturated heterocycles. The van der Waals surface area contributed by atoms with Gasteiger partial charge in [-0.05, 0) is 42.3 Å². The van der Waals surface area contributed by atoms with E-state index >= 15 is 0 Å². The van der Waals surface area contributed by atoms with Crippen LogP contribution in [0.25, 0.3) is 0 Å². The summed E-state index contributed by atoms with van der Waals surface area (Å²) in [7, 11) is -3.31. The zero-order valence-corrected chi connectivity index (χ0v) is 17.5. The Morgan fingerprint density at radius 1 is 1.04 bits per heavy atom. The average Bonchev–Trinajstić information content (AvgIpc) is 2.66. The summed E-state index contributed by atoms with van der Waals surface area (Å²) in [5.74, 6) is -1.01. The van der Waals surface area contributed by atoms with Gasteiger partial charge in [-0.15, -0.1) is 0 Å². The van der Waals surface area contributed by atoms with Gasteiger partial charge in [-0.25, -0.2) is 8.42 Å². The maximum absolute atomic E-state index is 12.7. The lowest BCUT2D eigenvalue weighted by Crippen LogP contribution is -2.47. The first-order valence-electron chi connectivity index (χ1n) is 8.84. The normalized spacial score (nSPS) is 12.5. The molecule has 0 radical (unpaired) electrons. The minimum Gasteiger partial charge on any atom is -0.340 e. The van der Waals surface area contributed by atoms with Crippen molar-refractivity contribution in [3.05, 3.63) is 59.1 Å². The Kier molecular flexibility index (Phi) is 7.21. The van der Waals surface area contributed by atoms with Crippen LogP contribution in [0.15, 0.2) is 53.4 Å². The van der Waals surface area contributed by atoms with E-state index in [0.717, 1.165) is 0 Å². The molecule has 0 saturated carbocycles. The van der Waals surface area contributed by atoms with Gasteiger partial charge in [-0.1, -0.05) is 44.5 Å². The zero-order valence-electron chi connectivity index (χ0n) is 15.9. The second-order valence-corrected chi connectivity index (χ2v) is 9.28. The maximum Gasteiger partial charge on any atom is 0.253 e. The highest BCUT2D eigenvalue weighted by atomic mass is 35.5. The molecule has 0 spiro atoms. The molecule has 0 unspecified atom stereocenters. The first-order valence-corrected chi connectivity index (χ1v) is 10.9. The van der Waals surface area contributed by atoms with E-state index in [1.807, 2.05) is 13.8 Å². The summed E-state index contributed by atoms with van der Waals surface area (Å²) < 4.78 is 23.7. The molecule has 0 aliphatic rings. The molecule has 2 aromatic carbocycles. The Balaban J connectivity index is 2.13. The number of nitrogens with one attached hydrogen (secondary N) is 2. The van der Waals surface area contributed by atoms with Crippen molar-refractivity contribution >= 4 is 38.9 Å². The lowest BCUT2D eigenvalue weighted by Gasteiger charge is -2.22. The van der Waals surface area contributed by atoms with Gasteiger partial charge in [0.15, 0.2) is 9.84 Å². The van der Waals surface area contributed by atoms with Crippen LogP contribution in [0.1, 0.15) is 31.1 Å². The molecule has 0 heterocycles. The van der Waals surface area contributed by atoms with Crippen molar-refractivity contribution in [2.45, 2.75) is 31.7 Å². The molecule has 28 heavy (non-hydrogen) atoms. The van der Waals surface area contributed by atoms with Gasteiger partial charge in [0, 0.05) is 5.69 Å². The van der Waals surface area contributed by atoms with Gasteiger partial charge in [0.05, 0.1) is 21.2 Å². The van der Waals surface area contributed by atoms with Crippen molar-refractivity contribution in [2.24, 2.45) is 5.92 Å². The molecule has 6 nitrogen and oxygen atoms in total. The predicted molar refractivity (Wildman–Crippen MR) is 110 cm³/mol. The van der Waals surface area contributed by atoms with Crippen molar-refractivity contribution in [1.29, 1.82) is 0 Å². The van der Waals surface area contributed by atoms with Crippen molar-refractivity contribution in [2.75, 3.05) is 11.1 Å². The molecule has 0 aliphatic carbocycles. The van der Waals surface area contributed by atoms with Crippen LogP contribution in [0.4, 0.5) is 5.69 Å². The number of carbonyl (C=O) groups excluding carboxylic acids is 2. The minimum atomic E-state index is -3.31. The number of hydrogen-bond donors (Lipinski definition) is 2. The number of anilines is 1. The molecule has 2 rings (SSSR count). The molecule has 8 heteroatoms. The Morgan fingerprint density at radius 2 is 1.64 bits per heavy atom. The third-order valence-corrected chi connectivity index (χ3v) is 6.30. The third-order valence-electron chi connectivity index (χ3n) is 4.22. The van der Waals surface area contributed by atoms with E-state index in [2.05, 4.69) is 10.6 Å². The summed E-state index contributed by atoms with van der Waals surface area (Å²) >= 11 is 6.04. The number of benzene rings is 2. The van der Waals surface area contributed by atoms with Crippen molar-refractivity contribution in [3.8, 4) is 0 Å². The highest BCUT2D eigenvalue weighted by molar-refractivity contribution is 7.91. The summed E-state index contributed by atoms with van der Waals surface area (Å²) in [6.45, 7) is 5.20. The Morgan fingerprint density at radius 3 is 2.18 bits per heavy atom. The van der Waals surface area contributed by atoms with Crippen LogP contribution in [0.3, 0.4) is 0 Å². The predicted octanol–water partition coefficient (Wildman–Crippen LogP) is 3.53. The summed E-state index contributed by atoms with van der Waals surface area (Å²) in [4.78, 5) is 25.3. The van der Waals surface area contributed by atoms with Crippen molar-refractivity contribution in [1.82, 2.24) is 5.32 Å². The summed E-state index contributed by atoms with van der Waals surface area (Å²) in [6, 6.07) is 11.7. The molecule has 1 atom stereocenters. The molecule has 150 valence electrons. The van der Waals surface area contributed by atoms with Crippen molar-refractivity contribution < 1.29 is 18.0 Å². The van der Waals surface area contributed by atoms with E-state index < -0.39 is 27.7 Å². The third kappa shape index (κ3) is 5.33. The summed E-state index contributed by atoms with van der Waals surface area (Å²) in [6.07, 6.45) is 0. The molecular weight excluding hydrogens is 400 g/mol. The highest BCUT2D eigenvalue weighted by Crippen LogP contribution is 2.18. The smallest absolute Gasteiger partial charge is 0.253 e. The van der Waals surface area contributed by atoms with Crippen LogP contribution in [0.2, 0.25) is 5.02 Å². The molecule has 0 aromatic heterocycles. The van der Waals surface area contributed by atoms with Crippen LogP contribution < -0.4 is 10.6 Å². The van der Waals surface area contributed by atoms with E-state index in [9.17, 15) is 18.0 Å². The topological polar surface area (TPSA) is 92.3 Å². The van der Waals surface area contributed by atoms with Crippen LogP contribution >= 0.6 is 11.6 Å². The standard InChI is InChI=1S/C20H23ClN2O4S/c1-4-28(26,27)15-11-9-14(10-12-15)22-20(25)18(13(2)3)23-19(24)16-7-5-6-8-17(16)21/h5-13,18H,4H2,1-3H3,(H,22,25)(H,23,24)/t18-/m0/s1. The van der Waals surface area contributed by atoms with Gasteiger partial charge >= 0.3 is 0 Å². The first kappa shape index (κ1) is 21.9. The van der Waals surface area contributed by atoms with E-state index in [1.54, 1.807) is 31.2 Å². The Labute approximate surface area is 170 Å². The summed E-state index contributed by atoms with van der Waals surface area (Å²) in [5.41, 5.74) is 0.731. The number of amides is 2. The quantitative estimate of drug-likeness (QED) is 0.713. The Hall–Kier alpha value is -2.38. The second-order valence-electron chi connectivity index (χ2n) is 6.59. The van der Waals surface area contributed by atoms with E-state index in [0.29, 0.717) is 10.7 Å². The monoisotopic (exact) mass is 422 g/mol. The van der Waals surface area contributed by atoms with Crippen LogP contribution in [-0.4, -0.2) is 32.0 Å².